The number of aryl methyl sites for hydroxylation is 1. The van der Waals surface area contributed by atoms with E-state index in [0.717, 1.165) is 0 Å². The van der Waals surface area contributed by atoms with Gasteiger partial charge in [-0.05, 0) is 24.2 Å². The van der Waals surface area contributed by atoms with Crippen LogP contribution in [-0.4, -0.2) is 23.3 Å². The molecule has 17 heavy (non-hydrogen) atoms. The number of ether oxygens (including phenoxy) is 1. The summed E-state index contributed by atoms with van der Waals surface area (Å²) in [5, 5.41) is 9.75. The Morgan fingerprint density at radius 2 is 2.12 bits per heavy atom. The van der Waals surface area contributed by atoms with Crippen molar-refractivity contribution in [1.29, 1.82) is 0 Å². The molecule has 1 N–H and O–H groups in total. The summed E-state index contributed by atoms with van der Waals surface area (Å²) in [7, 11) is 1.51. The topological polar surface area (TPSA) is 77.2 Å². The SMILES string of the molecule is COc1ccccc1C(=O)Nc1nonc1C. The second-order valence-corrected chi connectivity index (χ2v) is 3.35. The van der Waals surface area contributed by atoms with E-state index in [4.69, 9.17) is 4.74 Å². The number of hydrogen-bond acceptors (Lipinski definition) is 5. The number of methoxy groups -OCH3 is 1. The molecule has 88 valence electrons. The Morgan fingerprint density at radius 3 is 2.76 bits per heavy atom. The van der Waals surface area contributed by atoms with Crippen LogP contribution in [0, 0.1) is 6.92 Å². The molecule has 1 heterocycles. The van der Waals surface area contributed by atoms with E-state index in [-0.39, 0.29) is 5.91 Å². The number of nitrogens with one attached hydrogen (secondary N) is 1. The number of para-hydroxylation sites is 1. The highest BCUT2D eigenvalue weighted by molar-refractivity contribution is 6.05. The Bertz CT molecular complexity index is 536. The third kappa shape index (κ3) is 2.25. The summed E-state index contributed by atoms with van der Waals surface area (Å²) in [6.45, 7) is 1.69. The number of carbonyl (C=O) groups is 1. The monoisotopic (exact) mass is 233 g/mol. The quantitative estimate of drug-likeness (QED) is 0.871. The third-order valence-corrected chi connectivity index (χ3v) is 2.24. The lowest BCUT2D eigenvalue weighted by atomic mass is 10.2. The highest BCUT2D eigenvalue weighted by Crippen LogP contribution is 2.19. The van der Waals surface area contributed by atoms with Crippen molar-refractivity contribution < 1.29 is 14.2 Å². The van der Waals surface area contributed by atoms with Gasteiger partial charge in [-0.15, -0.1) is 0 Å². The summed E-state index contributed by atoms with van der Waals surface area (Å²) < 4.78 is 9.59. The van der Waals surface area contributed by atoms with E-state index >= 15 is 0 Å². The molecule has 0 radical (unpaired) electrons. The van der Waals surface area contributed by atoms with Crippen LogP contribution in [0.5, 0.6) is 5.75 Å². The zero-order valence-electron chi connectivity index (χ0n) is 9.43. The van der Waals surface area contributed by atoms with Crippen LogP contribution >= 0.6 is 0 Å². The van der Waals surface area contributed by atoms with Crippen molar-refractivity contribution >= 4 is 11.7 Å². The number of benzene rings is 1. The molecule has 0 fully saturated rings. The van der Waals surface area contributed by atoms with Gasteiger partial charge in [-0.1, -0.05) is 17.3 Å². The maximum Gasteiger partial charge on any atom is 0.260 e. The number of hydrogen-bond donors (Lipinski definition) is 1. The van der Waals surface area contributed by atoms with Gasteiger partial charge in [-0.25, -0.2) is 4.63 Å². The summed E-state index contributed by atoms with van der Waals surface area (Å²) >= 11 is 0. The molecule has 0 aliphatic rings. The highest BCUT2D eigenvalue weighted by atomic mass is 16.6. The molecular formula is C11H11N3O3. The van der Waals surface area contributed by atoms with Crippen LogP contribution in [0.25, 0.3) is 0 Å². The first-order valence-corrected chi connectivity index (χ1v) is 4.96. The van der Waals surface area contributed by atoms with Crippen molar-refractivity contribution in [3.63, 3.8) is 0 Å². The summed E-state index contributed by atoms with van der Waals surface area (Å²) in [4.78, 5) is 11.9. The fourth-order valence-electron chi connectivity index (χ4n) is 1.35. The van der Waals surface area contributed by atoms with E-state index in [1.165, 1.54) is 7.11 Å². The summed E-state index contributed by atoms with van der Waals surface area (Å²) in [5.41, 5.74) is 0.950. The number of aromatic nitrogens is 2. The molecule has 6 heteroatoms. The van der Waals surface area contributed by atoms with E-state index in [9.17, 15) is 4.79 Å². The molecule has 2 rings (SSSR count). The average Bonchev–Trinajstić information content (AvgIpc) is 2.75. The van der Waals surface area contributed by atoms with Crippen molar-refractivity contribution in [3.05, 3.63) is 35.5 Å². The maximum atomic E-state index is 11.9. The normalized spacial score (nSPS) is 10.0. The second-order valence-electron chi connectivity index (χ2n) is 3.35. The van der Waals surface area contributed by atoms with E-state index in [0.29, 0.717) is 22.8 Å². The van der Waals surface area contributed by atoms with Gasteiger partial charge in [0.15, 0.2) is 0 Å². The number of anilines is 1. The number of rotatable bonds is 3. The number of amides is 1. The molecule has 0 spiro atoms. The minimum Gasteiger partial charge on any atom is -0.496 e. The largest absolute Gasteiger partial charge is 0.496 e. The predicted octanol–water partition coefficient (Wildman–Crippen LogP) is 1.64. The Hall–Kier alpha value is -2.37. The van der Waals surface area contributed by atoms with Crippen LogP contribution in [0.4, 0.5) is 5.82 Å². The van der Waals surface area contributed by atoms with Gasteiger partial charge < -0.3 is 10.1 Å². The molecular weight excluding hydrogens is 222 g/mol. The van der Waals surface area contributed by atoms with Crippen LogP contribution in [-0.2, 0) is 0 Å². The van der Waals surface area contributed by atoms with Gasteiger partial charge in [0.25, 0.3) is 5.91 Å². The van der Waals surface area contributed by atoms with E-state index in [1.54, 1.807) is 31.2 Å². The number of carbonyl (C=O) groups excluding carboxylic acids is 1. The molecule has 0 bridgehead atoms. The van der Waals surface area contributed by atoms with Gasteiger partial charge in [0, 0.05) is 0 Å². The first-order valence-electron chi connectivity index (χ1n) is 4.96. The van der Waals surface area contributed by atoms with Gasteiger partial charge in [0.2, 0.25) is 5.82 Å². The van der Waals surface area contributed by atoms with Crippen molar-refractivity contribution in [3.8, 4) is 5.75 Å². The molecule has 0 aliphatic heterocycles. The fourth-order valence-corrected chi connectivity index (χ4v) is 1.35. The highest BCUT2D eigenvalue weighted by Gasteiger charge is 2.14. The van der Waals surface area contributed by atoms with Gasteiger partial charge in [0.1, 0.15) is 11.4 Å². The number of nitrogens with zero attached hydrogens (tertiary/aromatic N) is 2. The molecule has 0 aliphatic carbocycles. The lowest BCUT2D eigenvalue weighted by Crippen LogP contribution is -2.14. The molecule has 1 aromatic carbocycles. The lowest BCUT2D eigenvalue weighted by Gasteiger charge is -2.06. The lowest BCUT2D eigenvalue weighted by molar-refractivity contribution is 0.102. The summed E-state index contributed by atoms with van der Waals surface area (Å²) in [6, 6.07) is 6.92. The van der Waals surface area contributed by atoms with Crippen LogP contribution in [0.1, 0.15) is 16.1 Å². The zero-order chi connectivity index (χ0) is 12.3. The van der Waals surface area contributed by atoms with Crippen LogP contribution < -0.4 is 10.1 Å². The molecule has 6 nitrogen and oxygen atoms in total. The van der Waals surface area contributed by atoms with Crippen molar-refractivity contribution in [1.82, 2.24) is 10.3 Å². The van der Waals surface area contributed by atoms with Gasteiger partial charge in [-0.3, -0.25) is 4.79 Å². The van der Waals surface area contributed by atoms with Gasteiger partial charge in [0.05, 0.1) is 12.7 Å². The zero-order valence-corrected chi connectivity index (χ0v) is 9.43. The molecule has 1 aromatic heterocycles. The van der Waals surface area contributed by atoms with Gasteiger partial charge >= 0.3 is 0 Å². The smallest absolute Gasteiger partial charge is 0.260 e. The fraction of sp³-hybridized carbons (Fsp3) is 0.182. The maximum absolute atomic E-state index is 11.9. The van der Waals surface area contributed by atoms with Gasteiger partial charge in [-0.2, -0.15) is 0 Å². The molecule has 0 unspecified atom stereocenters. The standard InChI is InChI=1S/C11H11N3O3/c1-7-10(14-17-13-7)12-11(15)8-5-3-4-6-9(8)16-2/h3-6H,1-2H3,(H,12,14,15). The molecule has 0 saturated heterocycles. The van der Waals surface area contributed by atoms with Crippen LogP contribution in [0.2, 0.25) is 0 Å². The van der Waals surface area contributed by atoms with Crippen molar-refractivity contribution in [2.24, 2.45) is 0 Å². The first-order chi connectivity index (χ1) is 8.22. The minimum absolute atomic E-state index is 0.306. The van der Waals surface area contributed by atoms with Crippen LogP contribution in [0.15, 0.2) is 28.9 Å². The van der Waals surface area contributed by atoms with E-state index < -0.39 is 0 Å². The Balaban J connectivity index is 2.23. The Kier molecular flexibility index (Phi) is 3.04. The average molecular weight is 233 g/mol. The van der Waals surface area contributed by atoms with Crippen LogP contribution in [0.3, 0.4) is 0 Å². The third-order valence-electron chi connectivity index (χ3n) is 2.24. The van der Waals surface area contributed by atoms with Crippen molar-refractivity contribution in [2.75, 3.05) is 12.4 Å². The molecule has 0 atom stereocenters. The summed E-state index contributed by atoms with van der Waals surface area (Å²) in [5.74, 6) is 0.487. The minimum atomic E-state index is -0.318. The summed E-state index contributed by atoms with van der Waals surface area (Å²) in [6.07, 6.45) is 0. The predicted molar refractivity (Wildman–Crippen MR) is 60.0 cm³/mol. The molecule has 0 saturated carbocycles. The van der Waals surface area contributed by atoms with E-state index in [2.05, 4.69) is 20.3 Å². The Labute approximate surface area is 97.5 Å². The molecule has 1 amide bonds. The Morgan fingerprint density at radius 1 is 1.35 bits per heavy atom. The molecule has 2 aromatic rings. The second kappa shape index (κ2) is 4.65. The van der Waals surface area contributed by atoms with E-state index in [1.807, 2.05) is 0 Å². The first kappa shape index (κ1) is 11.1. The van der Waals surface area contributed by atoms with Crippen molar-refractivity contribution in [2.45, 2.75) is 6.92 Å².